The van der Waals surface area contributed by atoms with Gasteiger partial charge in [0.15, 0.2) is 5.82 Å². The minimum Gasteiger partial charge on any atom is -0.323 e. The highest BCUT2D eigenvalue weighted by atomic mass is 35.5. The van der Waals surface area contributed by atoms with Crippen molar-refractivity contribution >= 4 is 45.6 Å². The van der Waals surface area contributed by atoms with E-state index in [0.717, 1.165) is 22.2 Å². The molecule has 8 heteroatoms. The van der Waals surface area contributed by atoms with Crippen LogP contribution in [0.1, 0.15) is 18.4 Å². The van der Waals surface area contributed by atoms with Crippen LogP contribution in [0, 0.1) is 5.82 Å². The lowest BCUT2D eigenvalue weighted by atomic mass is 9.98. The van der Waals surface area contributed by atoms with E-state index in [1.54, 1.807) is 18.2 Å². The zero-order chi connectivity index (χ0) is 21.4. The summed E-state index contributed by atoms with van der Waals surface area (Å²) in [4.78, 5) is 23.0. The quantitative estimate of drug-likeness (QED) is 0.560. The largest absolute Gasteiger partial charge is 0.323 e. The van der Waals surface area contributed by atoms with Crippen molar-refractivity contribution in [3.8, 4) is 0 Å². The van der Waals surface area contributed by atoms with Gasteiger partial charge >= 0.3 is 0 Å². The van der Waals surface area contributed by atoms with Crippen LogP contribution >= 0.6 is 11.6 Å². The SMILES string of the molecule is O=C(/C=C/CNC1CC1)Nc1ccc2ncnc3c2c1CCN3c1cccc(Cl)c1F. The number of carbonyl (C=O) groups excluding carboxylic acids is 1. The molecular weight excluding hydrogens is 417 g/mol. The van der Waals surface area contributed by atoms with Crippen molar-refractivity contribution in [2.75, 3.05) is 23.3 Å². The molecule has 0 saturated heterocycles. The number of carbonyl (C=O) groups is 1. The van der Waals surface area contributed by atoms with Crippen LogP contribution in [0.2, 0.25) is 5.02 Å². The zero-order valence-electron chi connectivity index (χ0n) is 16.7. The maximum absolute atomic E-state index is 14.7. The number of nitrogens with zero attached hydrogens (tertiary/aromatic N) is 3. The van der Waals surface area contributed by atoms with E-state index in [4.69, 9.17) is 11.6 Å². The Labute approximate surface area is 184 Å². The van der Waals surface area contributed by atoms with Gasteiger partial charge in [0.25, 0.3) is 0 Å². The number of halogens is 2. The Morgan fingerprint density at radius 1 is 1.26 bits per heavy atom. The highest BCUT2D eigenvalue weighted by molar-refractivity contribution is 6.31. The highest BCUT2D eigenvalue weighted by Crippen LogP contribution is 2.40. The smallest absolute Gasteiger partial charge is 0.248 e. The molecule has 0 spiro atoms. The van der Waals surface area contributed by atoms with Crippen molar-refractivity contribution in [1.82, 2.24) is 15.3 Å². The highest BCUT2D eigenvalue weighted by Gasteiger charge is 2.26. The monoisotopic (exact) mass is 437 g/mol. The number of rotatable bonds is 6. The molecule has 31 heavy (non-hydrogen) atoms. The van der Waals surface area contributed by atoms with Crippen molar-refractivity contribution in [1.29, 1.82) is 0 Å². The summed E-state index contributed by atoms with van der Waals surface area (Å²) < 4.78 is 14.7. The predicted molar refractivity (Wildman–Crippen MR) is 120 cm³/mol. The number of anilines is 3. The van der Waals surface area contributed by atoms with Crippen LogP contribution in [-0.4, -0.2) is 35.0 Å². The molecule has 1 amide bonds. The van der Waals surface area contributed by atoms with E-state index in [2.05, 4.69) is 20.6 Å². The van der Waals surface area contributed by atoms with E-state index in [1.807, 2.05) is 23.1 Å². The van der Waals surface area contributed by atoms with Gasteiger partial charge in [-0.05, 0) is 49.1 Å². The van der Waals surface area contributed by atoms with E-state index in [9.17, 15) is 9.18 Å². The molecule has 0 bridgehead atoms. The normalized spacial score (nSPS) is 15.6. The Morgan fingerprint density at radius 3 is 2.97 bits per heavy atom. The Balaban J connectivity index is 1.46. The van der Waals surface area contributed by atoms with Gasteiger partial charge in [-0.3, -0.25) is 4.79 Å². The van der Waals surface area contributed by atoms with Gasteiger partial charge in [0.1, 0.15) is 12.1 Å². The molecule has 6 nitrogen and oxygen atoms in total. The summed E-state index contributed by atoms with van der Waals surface area (Å²) in [6.07, 6.45) is 7.87. The van der Waals surface area contributed by atoms with Crippen LogP contribution in [-0.2, 0) is 11.2 Å². The van der Waals surface area contributed by atoms with E-state index >= 15 is 0 Å². The first kappa shape index (κ1) is 19.9. The minimum absolute atomic E-state index is 0.0672. The molecule has 0 atom stereocenters. The molecule has 158 valence electrons. The maximum Gasteiger partial charge on any atom is 0.248 e. The van der Waals surface area contributed by atoms with Crippen LogP contribution in [0.15, 0.2) is 48.8 Å². The molecule has 2 aromatic carbocycles. The van der Waals surface area contributed by atoms with Crippen molar-refractivity contribution in [2.45, 2.75) is 25.3 Å². The molecule has 1 aliphatic heterocycles. The van der Waals surface area contributed by atoms with Crippen LogP contribution < -0.4 is 15.5 Å². The number of aromatic nitrogens is 2. The fourth-order valence-electron chi connectivity index (χ4n) is 3.91. The average Bonchev–Trinajstić information content (AvgIpc) is 3.60. The number of hydrogen-bond acceptors (Lipinski definition) is 5. The molecule has 1 fully saturated rings. The van der Waals surface area contributed by atoms with Crippen LogP contribution in [0.4, 0.5) is 21.6 Å². The Kier molecular flexibility index (Phi) is 5.29. The van der Waals surface area contributed by atoms with E-state index in [0.29, 0.717) is 37.1 Å². The van der Waals surface area contributed by atoms with Crippen molar-refractivity contribution in [3.05, 3.63) is 65.2 Å². The first-order chi connectivity index (χ1) is 15.1. The average molecular weight is 438 g/mol. The fourth-order valence-corrected chi connectivity index (χ4v) is 4.08. The summed E-state index contributed by atoms with van der Waals surface area (Å²) in [5.41, 5.74) is 2.79. The molecule has 1 saturated carbocycles. The van der Waals surface area contributed by atoms with Gasteiger partial charge in [0, 0.05) is 36.3 Å². The van der Waals surface area contributed by atoms with E-state index in [1.165, 1.54) is 25.2 Å². The Hall–Kier alpha value is -3.03. The molecular formula is C23H21ClFN5O. The van der Waals surface area contributed by atoms with Gasteiger partial charge in [-0.1, -0.05) is 23.7 Å². The predicted octanol–water partition coefficient (Wildman–Crippen LogP) is 4.36. The summed E-state index contributed by atoms with van der Waals surface area (Å²) in [5, 5.41) is 7.19. The summed E-state index contributed by atoms with van der Waals surface area (Å²) in [7, 11) is 0. The molecule has 2 heterocycles. The molecule has 2 aliphatic rings. The minimum atomic E-state index is -0.478. The Bertz CT molecular complexity index is 1190. The number of hydrogen-bond donors (Lipinski definition) is 2. The van der Waals surface area contributed by atoms with Crippen LogP contribution in [0.5, 0.6) is 0 Å². The van der Waals surface area contributed by atoms with Gasteiger partial charge in [0.05, 0.1) is 16.2 Å². The standard InChI is InChI=1S/C23H21ClFN5O/c24-16-3-1-4-19(22(16)25)30-12-10-15-17(8-9-18-21(15)23(30)28-13-27-18)29-20(31)5-2-11-26-14-6-7-14/h1-5,8-9,13-14,26H,6-7,10-12H2,(H,29,31)/b5-2+. The summed E-state index contributed by atoms with van der Waals surface area (Å²) in [5.74, 6) is -0.0589. The van der Waals surface area contributed by atoms with Gasteiger partial charge in [-0.15, -0.1) is 0 Å². The maximum atomic E-state index is 14.7. The lowest BCUT2D eigenvalue weighted by molar-refractivity contribution is -0.111. The topological polar surface area (TPSA) is 70.1 Å². The molecule has 5 rings (SSSR count). The molecule has 0 radical (unpaired) electrons. The second kappa shape index (κ2) is 8.24. The molecule has 1 aliphatic carbocycles. The number of amides is 1. The zero-order valence-corrected chi connectivity index (χ0v) is 17.5. The summed E-state index contributed by atoms with van der Waals surface area (Å²) in [6.45, 7) is 1.19. The fraction of sp³-hybridized carbons (Fsp3) is 0.261. The first-order valence-electron chi connectivity index (χ1n) is 10.3. The van der Waals surface area contributed by atoms with Gasteiger partial charge in [0.2, 0.25) is 5.91 Å². The number of nitrogens with one attached hydrogen (secondary N) is 2. The van der Waals surface area contributed by atoms with E-state index in [-0.39, 0.29) is 10.9 Å². The Morgan fingerprint density at radius 2 is 2.13 bits per heavy atom. The lowest BCUT2D eigenvalue weighted by Gasteiger charge is -2.31. The first-order valence-corrected chi connectivity index (χ1v) is 10.7. The third kappa shape index (κ3) is 3.98. The van der Waals surface area contributed by atoms with Crippen molar-refractivity contribution in [3.63, 3.8) is 0 Å². The second-order valence-electron chi connectivity index (χ2n) is 7.73. The van der Waals surface area contributed by atoms with Gasteiger partial charge in [-0.25, -0.2) is 14.4 Å². The van der Waals surface area contributed by atoms with Crippen LogP contribution in [0.3, 0.4) is 0 Å². The summed E-state index contributed by atoms with van der Waals surface area (Å²) in [6, 6.07) is 9.23. The molecule has 0 unspecified atom stereocenters. The molecule has 1 aromatic heterocycles. The van der Waals surface area contributed by atoms with Gasteiger partial charge in [-0.2, -0.15) is 0 Å². The van der Waals surface area contributed by atoms with E-state index < -0.39 is 5.82 Å². The molecule has 2 N–H and O–H groups in total. The third-order valence-electron chi connectivity index (χ3n) is 5.58. The van der Waals surface area contributed by atoms with Gasteiger partial charge < -0.3 is 15.5 Å². The second-order valence-corrected chi connectivity index (χ2v) is 8.14. The third-order valence-corrected chi connectivity index (χ3v) is 5.88. The van der Waals surface area contributed by atoms with Crippen molar-refractivity contribution in [2.24, 2.45) is 0 Å². The van der Waals surface area contributed by atoms with Crippen LogP contribution in [0.25, 0.3) is 10.9 Å². The van der Waals surface area contributed by atoms with Crippen molar-refractivity contribution < 1.29 is 9.18 Å². The summed E-state index contributed by atoms with van der Waals surface area (Å²) >= 11 is 6.00. The number of benzene rings is 2. The molecule has 3 aromatic rings. The lowest BCUT2D eigenvalue weighted by Crippen LogP contribution is -2.27.